The molecular formula is C39H47F2N4O15PS. The fourth-order valence-corrected chi connectivity index (χ4v) is 8.91. The number of fused-ring (bicyclic) bond motifs is 2. The highest BCUT2D eigenvalue weighted by Gasteiger charge is 2.56. The summed E-state index contributed by atoms with van der Waals surface area (Å²) in [4.78, 5) is 82.8. The van der Waals surface area contributed by atoms with E-state index in [1.807, 2.05) is 6.07 Å². The van der Waals surface area contributed by atoms with E-state index in [1.165, 1.54) is 48.0 Å². The van der Waals surface area contributed by atoms with Crippen LogP contribution >= 0.6 is 18.9 Å². The van der Waals surface area contributed by atoms with Gasteiger partial charge in [-0.2, -0.15) is 8.78 Å². The third kappa shape index (κ3) is 11.6. The number of ether oxygens (including phenoxy) is 6. The van der Waals surface area contributed by atoms with Crippen molar-refractivity contribution < 1.29 is 79.6 Å². The number of benzene rings is 2. The monoisotopic (exact) mass is 912 g/mol. The first kappa shape index (κ1) is 47.8. The van der Waals surface area contributed by atoms with E-state index in [0.29, 0.717) is 29.6 Å². The first-order valence-electron chi connectivity index (χ1n) is 19.2. The number of rotatable bonds is 18. The van der Waals surface area contributed by atoms with E-state index in [9.17, 15) is 33.3 Å². The Labute approximate surface area is 358 Å². The Balaban J connectivity index is 1.35. The Morgan fingerprint density at radius 2 is 1.50 bits per heavy atom. The number of methoxy groups -OCH3 is 2. The van der Waals surface area contributed by atoms with Gasteiger partial charge in [-0.05, 0) is 55.0 Å². The van der Waals surface area contributed by atoms with Gasteiger partial charge in [-0.1, -0.05) is 24.3 Å². The third-order valence-electron chi connectivity index (χ3n) is 9.95. The van der Waals surface area contributed by atoms with E-state index in [4.69, 9.17) is 18.5 Å². The van der Waals surface area contributed by atoms with Gasteiger partial charge in [0.25, 0.3) is 5.91 Å². The van der Waals surface area contributed by atoms with Gasteiger partial charge in [-0.25, -0.2) is 9.59 Å². The summed E-state index contributed by atoms with van der Waals surface area (Å²) in [5, 5.41) is 2.80. The van der Waals surface area contributed by atoms with Gasteiger partial charge in [0.05, 0.1) is 18.1 Å². The quantitative estimate of drug-likeness (QED) is 0.0764. The van der Waals surface area contributed by atoms with Crippen molar-refractivity contribution >= 4 is 70.6 Å². The van der Waals surface area contributed by atoms with Gasteiger partial charge in [0.1, 0.15) is 25.3 Å². The van der Waals surface area contributed by atoms with Gasteiger partial charge in [-0.3, -0.25) is 32.8 Å². The molecule has 2 aromatic carbocycles. The van der Waals surface area contributed by atoms with Gasteiger partial charge in [-0.15, -0.1) is 11.3 Å². The van der Waals surface area contributed by atoms with Crippen molar-refractivity contribution in [3.8, 4) is 0 Å². The van der Waals surface area contributed by atoms with Crippen molar-refractivity contribution in [2.24, 2.45) is 0 Å². The van der Waals surface area contributed by atoms with E-state index in [1.54, 1.807) is 31.3 Å². The number of alkyl halides is 2. The zero-order chi connectivity index (χ0) is 45.0. The summed E-state index contributed by atoms with van der Waals surface area (Å²) < 4.78 is 84.2. The summed E-state index contributed by atoms with van der Waals surface area (Å²) in [6.45, 7) is -1.73. The Morgan fingerprint density at radius 1 is 0.871 bits per heavy atom. The second-order valence-electron chi connectivity index (χ2n) is 13.9. The van der Waals surface area contributed by atoms with E-state index < -0.39 is 68.6 Å². The lowest BCUT2D eigenvalue weighted by atomic mass is 10.1. The Morgan fingerprint density at radius 3 is 2.10 bits per heavy atom. The van der Waals surface area contributed by atoms with Gasteiger partial charge in [0, 0.05) is 63.3 Å². The topological polar surface area (TPSA) is 215 Å². The number of para-hydroxylation sites is 1. The van der Waals surface area contributed by atoms with E-state index in [2.05, 4.69) is 24.3 Å². The summed E-state index contributed by atoms with van der Waals surface area (Å²) in [7, 11) is -1.43. The molecule has 0 spiro atoms. The molecule has 338 valence electrons. The Hall–Kier alpha value is -5.25. The second kappa shape index (κ2) is 21.7. The van der Waals surface area contributed by atoms with Crippen molar-refractivity contribution in [1.82, 2.24) is 15.1 Å². The number of hydrogen-bond donors (Lipinski definition) is 1. The molecule has 4 amide bonds. The van der Waals surface area contributed by atoms with Crippen molar-refractivity contribution in [1.29, 1.82) is 0 Å². The minimum atomic E-state index is -5.73. The number of anilines is 1. The number of carbonyl (C=O) groups excluding carboxylic acids is 6. The van der Waals surface area contributed by atoms with Crippen LogP contribution in [-0.4, -0.2) is 138 Å². The van der Waals surface area contributed by atoms with Crippen molar-refractivity contribution in [3.05, 3.63) is 65.0 Å². The summed E-state index contributed by atoms with van der Waals surface area (Å²) in [5.41, 5.74) is -4.78. The van der Waals surface area contributed by atoms with Crippen LogP contribution in [0.1, 0.15) is 41.4 Å². The Kier molecular flexibility index (Phi) is 16.7. The van der Waals surface area contributed by atoms with E-state index in [0.717, 1.165) is 23.5 Å². The van der Waals surface area contributed by atoms with E-state index >= 15 is 8.78 Å². The van der Waals surface area contributed by atoms with Crippen molar-refractivity contribution in [2.45, 2.75) is 50.0 Å². The van der Waals surface area contributed by atoms with Crippen LogP contribution in [0.25, 0.3) is 10.1 Å². The van der Waals surface area contributed by atoms with Gasteiger partial charge >= 0.3 is 25.6 Å². The lowest BCUT2D eigenvalue weighted by Crippen LogP contribution is -2.61. The number of nitrogens with zero attached hydrogens (tertiary/aromatic N) is 3. The zero-order valence-corrected chi connectivity index (χ0v) is 36.0. The molecule has 0 bridgehead atoms. The molecule has 62 heavy (non-hydrogen) atoms. The number of likely N-dealkylation sites (N-methyl/N-ethyl adjacent to an activating group) is 1. The molecule has 19 nitrogen and oxygen atoms in total. The molecule has 0 saturated carbocycles. The number of amides is 4. The molecular weight excluding hydrogens is 865 g/mol. The second-order valence-corrected chi connectivity index (χ2v) is 17.0. The SMILES string of the molecule is COCCOC(=O)OCOP(=O)(OCOC(=O)OCCOC)C(F)(F)c1ccc2sc(C(=O)N[C@H]3CN(C(C)=O)CC[C@H]4CC[C@@H](C(=O)N(C)c5ccccc5)N4C3=O)cc2c1. The number of carbonyl (C=O) groups is 6. The molecule has 5 rings (SSSR count). The molecule has 2 aliphatic rings. The molecule has 2 saturated heterocycles. The minimum Gasteiger partial charge on any atom is -0.432 e. The molecule has 0 aliphatic carbocycles. The van der Waals surface area contributed by atoms with Gasteiger partial charge in [0.2, 0.25) is 31.3 Å². The summed E-state index contributed by atoms with van der Waals surface area (Å²) >= 11 is 0.900. The molecule has 3 heterocycles. The molecule has 23 heteroatoms. The average molecular weight is 913 g/mol. The lowest BCUT2D eigenvalue weighted by molar-refractivity contribution is -0.144. The number of thiophene rings is 1. The smallest absolute Gasteiger partial charge is 0.432 e. The summed E-state index contributed by atoms with van der Waals surface area (Å²) in [6, 6.07) is 10.8. The number of halogens is 2. The normalized spacial score (nSPS) is 18.0. The van der Waals surface area contributed by atoms with Crippen LogP contribution < -0.4 is 10.2 Å². The van der Waals surface area contributed by atoms with Gasteiger partial charge in [0.15, 0.2) is 0 Å². The molecule has 1 aromatic heterocycles. The van der Waals surface area contributed by atoms with Crippen LogP contribution in [0.3, 0.4) is 0 Å². The highest BCUT2D eigenvalue weighted by Crippen LogP contribution is 2.67. The van der Waals surface area contributed by atoms with Crippen LogP contribution in [0.2, 0.25) is 0 Å². The van der Waals surface area contributed by atoms with Crippen LogP contribution in [-0.2, 0) is 62.1 Å². The maximum absolute atomic E-state index is 16.2. The molecule has 3 aromatic rings. The largest absolute Gasteiger partial charge is 0.510 e. The fraction of sp³-hybridized carbons (Fsp3) is 0.487. The predicted octanol–water partition coefficient (Wildman–Crippen LogP) is 5.06. The van der Waals surface area contributed by atoms with Crippen LogP contribution in [0.4, 0.5) is 24.1 Å². The van der Waals surface area contributed by atoms with Crippen LogP contribution in [0, 0.1) is 0 Å². The molecule has 0 radical (unpaired) electrons. The highest BCUT2D eigenvalue weighted by molar-refractivity contribution is 7.54. The predicted molar refractivity (Wildman–Crippen MR) is 215 cm³/mol. The molecule has 0 unspecified atom stereocenters. The molecule has 2 fully saturated rings. The molecule has 3 atom stereocenters. The number of nitrogens with one attached hydrogen (secondary N) is 1. The Bertz CT molecular complexity index is 2100. The van der Waals surface area contributed by atoms with Gasteiger partial charge < -0.3 is 48.4 Å². The standard InChI is InChI=1S/C39H47F2N4O15PS/c1-25(46)44-15-14-29-11-12-31(36(49)43(2)28-8-6-5-7-9-28)45(29)35(48)30(22-44)42-34(47)33-21-26-20-27(10-13-32(26)62-33)39(40,41)61(52,59-23-57-37(50)55-18-16-53-3)60-24-58-38(51)56-19-17-54-4/h5-10,13,20-21,29-31H,11-12,14-19,22-24H2,1-4H3,(H,42,47)/t29-,30+,31+/m1/s1. The minimum absolute atomic E-state index is 0.00411. The third-order valence-corrected chi connectivity index (χ3v) is 12.9. The first-order valence-corrected chi connectivity index (χ1v) is 21.5. The van der Waals surface area contributed by atoms with Crippen LogP contribution in [0.15, 0.2) is 54.6 Å². The zero-order valence-electron chi connectivity index (χ0n) is 34.3. The van der Waals surface area contributed by atoms with Crippen molar-refractivity contribution in [3.63, 3.8) is 0 Å². The number of hydrogen-bond acceptors (Lipinski definition) is 16. The highest BCUT2D eigenvalue weighted by atomic mass is 32.1. The average Bonchev–Trinajstić information content (AvgIpc) is 3.88. The first-order chi connectivity index (χ1) is 29.6. The maximum Gasteiger partial charge on any atom is 0.510 e. The van der Waals surface area contributed by atoms with Crippen molar-refractivity contribution in [2.75, 3.05) is 79.3 Å². The molecule has 2 aliphatic heterocycles. The summed E-state index contributed by atoms with van der Waals surface area (Å²) in [5.74, 6) is -1.93. The summed E-state index contributed by atoms with van der Waals surface area (Å²) in [6.07, 6.45) is -1.41. The van der Waals surface area contributed by atoms with E-state index in [-0.39, 0.29) is 67.6 Å². The lowest BCUT2D eigenvalue weighted by Gasteiger charge is -2.39. The van der Waals surface area contributed by atoms with Crippen LogP contribution in [0.5, 0.6) is 0 Å². The maximum atomic E-state index is 16.2. The molecule has 1 N–H and O–H groups in total. The fourth-order valence-electron chi connectivity index (χ4n) is 6.73.